The van der Waals surface area contributed by atoms with Gasteiger partial charge in [0.25, 0.3) is 8.53 Å². The molecule has 0 saturated carbocycles. The molecule has 2 saturated heterocycles. The van der Waals surface area contributed by atoms with Crippen LogP contribution in [0.5, 0.6) is 23.0 Å². The highest BCUT2D eigenvalue weighted by Crippen LogP contribution is 2.48. The zero-order valence-corrected chi connectivity index (χ0v) is 70.0. The van der Waals surface area contributed by atoms with Crippen molar-refractivity contribution in [2.24, 2.45) is 0 Å². The minimum Gasteiger partial charge on any atom is -0.497 e. The minimum atomic E-state index is -1.98. The number of alkyl carbamates (subject to hydrolysis) is 2. The Bertz CT molecular complexity index is 3860. The Morgan fingerprint density at radius 1 is 0.471 bits per heavy atom. The Morgan fingerprint density at radius 2 is 0.807 bits per heavy atom. The maximum atomic E-state index is 13.3. The van der Waals surface area contributed by atoms with Gasteiger partial charge < -0.3 is 106 Å². The fourth-order valence-corrected chi connectivity index (χ4v) is 15.3. The third kappa shape index (κ3) is 28.0. The molecule has 4 N–H and O–H groups in total. The fourth-order valence-electron chi connectivity index (χ4n) is 13.6. The summed E-state index contributed by atoms with van der Waals surface area (Å²) in [6.07, 6.45) is -11.3. The van der Waals surface area contributed by atoms with Crippen LogP contribution in [0.25, 0.3) is 0 Å². The third-order valence-corrected chi connectivity index (χ3v) is 21.0. The molecule has 0 aliphatic carbocycles. The van der Waals surface area contributed by atoms with Crippen LogP contribution in [-0.4, -0.2) is 221 Å². The average molecular weight is 1670 g/mol. The van der Waals surface area contributed by atoms with Crippen LogP contribution >= 0.6 is 8.53 Å². The molecule has 10 atom stereocenters. The van der Waals surface area contributed by atoms with E-state index in [4.69, 9.17) is 84.8 Å². The van der Waals surface area contributed by atoms with Crippen LogP contribution < -0.4 is 40.2 Å². The van der Waals surface area contributed by atoms with E-state index in [0.29, 0.717) is 23.0 Å². The summed E-state index contributed by atoms with van der Waals surface area (Å²) < 4.78 is 110. The summed E-state index contributed by atoms with van der Waals surface area (Å²) >= 11 is 0. The number of amides is 4. The Balaban J connectivity index is 0.831. The van der Waals surface area contributed by atoms with Crippen molar-refractivity contribution in [3.8, 4) is 29.1 Å². The summed E-state index contributed by atoms with van der Waals surface area (Å²) in [5.41, 5.74) is 1.74. The molecule has 2 aliphatic heterocycles. The van der Waals surface area contributed by atoms with Crippen LogP contribution in [0.3, 0.4) is 0 Å². The number of hydrogen-bond acceptors (Lipinski definition) is 28. The number of esters is 4. The molecular weight excluding hydrogens is 1560 g/mol. The second-order valence-corrected chi connectivity index (χ2v) is 29.5. The zero-order valence-electron chi connectivity index (χ0n) is 69.1. The van der Waals surface area contributed by atoms with Gasteiger partial charge in [0.05, 0.1) is 87.1 Å². The number of ether oxygens (including phenoxy) is 16. The number of nitriles is 1. The maximum absolute atomic E-state index is 13.3. The molecule has 32 nitrogen and oxygen atoms in total. The van der Waals surface area contributed by atoms with Crippen molar-refractivity contribution >= 4 is 56.4 Å². The van der Waals surface area contributed by atoms with Crippen molar-refractivity contribution in [2.45, 2.75) is 166 Å². The average Bonchev–Trinajstić information content (AvgIpc) is 0.755. The van der Waals surface area contributed by atoms with Crippen molar-refractivity contribution in [3.05, 3.63) is 191 Å². The van der Waals surface area contributed by atoms with E-state index >= 15 is 0 Å². The van der Waals surface area contributed by atoms with Crippen LogP contribution in [0.4, 0.5) is 9.59 Å². The summed E-state index contributed by atoms with van der Waals surface area (Å²) in [4.78, 5) is 104. The van der Waals surface area contributed by atoms with Crippen molar-refractivity contribution in [2.75, 3.05) is 101 Å². The van der Waals surface area contributed by atoms with Crippen LogP contribution in [-0.2, 0) is 106 Å². The summed E-state index contributed by atoms with van der Waals surface area (Å²) in [7, 11) is 4.30. The van der Waals surface area contributed by atoms with E-state index in [0.717, 1.165) is 33.4 Å². The predicted molar refractivity (Wildman–Crippen MR) is 431 cm³/mol. The summed E-state index contributed by atoms with van der Waals surface area (Å²) in [5, 5.41) is 19.6. The summed E-state index contributed by atoms with van der Waals surface area (Å²) in [5.74, 6) is -1.31. The van der Waals surface area contributed by atoms with Gasteiger partial charge in [-0.25, -0.2) is 14.3 Å². The number of nitrogens with zero attached hydrogens (tertiary/aromatic N) is 2. The molecular formula is C86H109N6O26P. The topological polar surface area (TPSA) is 378 Å². The number of rotatable bonds is 46. The molecule has 6 aromatic carbocycles. The molecule has 6 aromatic rings. The number of benzene rings is 6. The molecule has 0 bridgehead atoms. The van der Waals surface area contributed by atoms with Crippen LogP contribution in [0.2, 0.25) is 0 Å². The van der Waals surface area contributed by atoms with Gasteiger partial charge in [-0.2, -0.15) is 5.26 Å². The molecule has 644 valence electrons. The third-order valence-electron chi connectivity index (χ3n) is 18.9. The van der Waals surface area contributed by atoms with E-state index in [-0.39, 0.29) is 90.3 Å². The molecule has 2 heterocycles. The van der Waals surface area contributed by atoms with Crippen LogP contribution in [0, 0.1) is 11.3 Å². The lowest BCUT2D eigenvalue weighted by Crippen LogP contribution is -2.55. The van der Waals surface area contributed by atoms with E-state index in [1.54, 1.807) is 28.4 Å². The molecule has 119 heavy (non-hydrogen) atoms. The van der Waals surface area contributed by atoms with Crippen molar-refractivity contribution in [3.63, 3.8) is 0 Å². The molecule has 33 heteroatoms. The molecule has 4 amide bonds. The number of nitrogens with one attached hydrogen (secondary N) is 4. The SMILES string of the molecule is COc1ccc(C(OC[C@H]2O[C@@H](OCCCNC(=O)CNC(=O)OCC(COC(=O)NCC(=O)NCCCO[C@H]3C[C@@H](OC(C)=O)[C@@H](OC(C)=O)[C@@H](COC(c4ccccc4)(c4ccc(OC)cc4)c4ccc(OC)cc4)O3)OP(OCCC#N)N(C(C)C)C(C)C)C[C@@H](OC(C)=O)C2OC(C)=O)(c2ccccc2)c2ccc(OC)cc2)cc1. The number of methoxy groups -OCH3 is 4. The second-order valence-electron chi connectivity index (χ2n) is 28.1. The van der Waals surface area contributed by atoms with Crippen molar-refractivity contribution in [1.82, 2.24) is 25.9 Å². The van der Waals surface area contributed by atoms with Crippen LogP contribution in [0.15, 0.2) is 158 Å². The smallest absolute Gasteiger partial charge is 0.407 e. The lowest BCUT2D eigenvalue weighted by Gasteiger charge is -2.42. The maximum Gasteiger partial charge on any atom is 0.407 e. The van der Waals surface area contributed by atoms with Gasteiger partial charge in [0.1, 0.15) is 77.9 Å². The lowest BCUT2D eigenvalue weighted by atomic mass is 9.80. The molecule has 3 unspecified atom stereocenters. The predicted octanol–water partition coefficient (Wildman–Crippen LogP) is 10.2. The fraction of sp³-hybridized carbons (Fsp3) is 0.477. The molecule has 2 fully saturated rings. The first kappa shape index (κ1) is 93.9. The minimum absolute atomic E-state index is 0.0153. The Morgan fingerprint density at radius 3 is 1.12 bits per heavy atom. The highest BCUT2D eigenvalue weighted by molar-refractivity contribution is 7.44. The standard InChI is InChI=1S/C86H109N6O26P/c1-56(2)92(57(3)4)119(111-47-19-42-87)118-72(52-107-83(99)90-50-77(97)88-43-20-45-105-79-48-73(112-58(5)93)81(114-60(7)95)75(116-79)54-109-85(62-22-15-13-16-23-62,64-26-34-68(101-9)35-27-64)65-28-36-69(102-10)37-29-65)53-108-84(100)91-51-78(98)89-44-21-46-106-80-49-74(113-59(6)94)82(115-61(8)96)76(117-80)55-110-86(63-24-17-14-18-25-63,66-30-38-70(103-11)39-31-66)67-32-40-71(104-12)41-33-67/h13-18,22-41,56-57,72-76,79-82H,19-21,43-55H2,1-12H3,(H,88,97)(H,89,98)(H,90,99)(H,91,100)/t72?,73-,74-,75-,76-,79-,80-,81-,82?,119?/m1/s1. The number of carbonyl (C=O) groups excluding carboxylic acids is 8. The van der Waals surface area contributed by atoms with Gasteiger partial charge in [0, 0.05) is 65.7 Å². The lowest BCUT2D eigenvalue weighted by molar-refractivity contribution is -0.271. The first-order chi connectivity index (χ1) is 57.3. The molecule has 0 spiro atoms. The first-order valence-corrected chi connectivity index (χ1v) is 40.3. The van der Waals surface area contributed by atoms with E-state index in [1.165, 1.54) is 27.7 Å². The molecule has 0 aromatic heterocycles. The Kier molecular flexibility index (Phi) is 37.8. The molecule has 2 aliphatic rings. The van der Waals surface area contributed by atoms with Gasteiger partial charge in [-0.3, -0.25) is 28.8 Å². The van der Waals surface area contributed by atoms with Gasteiger partial charge in [-0.15, -0.1) is 0 Å². The van der Waals surface area contributed by atoms with Gasteiger partial charge in [-0.1, -0.05) is 109 Å². The van der Waals surface area contributed by atoms with Crippen molar-refractivity contribution < 1.29 is 123 Å². The monoisotopic (exact) mass is 1670 g/mol. The van der Waals surface area contributed by atoms with E-state index in [1.807, 2.05) is 196 Å². The molecule has 8 rings (SSSR count). The second kappa shape index (κ2) is 47.9. The summed E-state index contributed by atoms with van der Waals surface area (Å²) in [6, 6.07) is 50.4. The van der Waals surface area contributed by atoms with Gasteiger partial charge in [0.15, 0.2) is 24.8 Å². The van der Waals surface area contributed by atoms with E-state index < -0.39 is 149 Å². The molecule has 0 radical (unpaired) electrons. The Labute approximate surface area is 694 Å². The van der Waals surface area contributed by atoms with E-state index in [9.17, 15) is 43.6 Å². The number of hydrogen-bond donors (Lipinski definition) is 4. The van der Waals surface area contributed by atoms with Crippen LogP contribution in [0.1, 0.15) is 121 Å². The highest BCUT2D eigenvalue weighted by atomic mass is 31.2. The van der Waals surface area contributed by atoms with Gasteiger partial charge in [0.2, 0.25) is 11.8 Å². The quantitative estimate of drug-likeness (QED) is 0.00907. The number of carbonyl (C=O) groups is 8. The highest BCUT2D eigenvalue weighted by Gasteiger charge is 2.49. The van der Waals surface area contributed by atoms with Gasteiger partial charge >= 0.3 is 36.1 Å². The Hall–Kier alpha value is -10.6. The zero-order chi connectivity index (χ0) is 85.9. The van der Waals surface area contributed by atoms with Gasteiger partial charge in [-0.05, 0) is 122 Å². The van der Waals surface area contributed by atoms with E-state index in [2.05, 4.69) is 21.3 Å². The first-order valence-electron chi connectivity index (χ1n) is 39.1. The van der Waals surface area contributed by atoms with Crippen molar-refractivity contribution in [1.29, 1.82) is 5.26 Å². The normalized spacial score (nSPS) is 18.4. The largest absolute Gasteiger partial charge is 0.497 e. The summed E-state index contributed by atoms with van der Waals surface area (Å²) in [6.45, 7) is 10.2.